The highest BCUT2D eigenvalue weighted by Gasteiger charge is 2.19. The smallest absolute Gasteiger partial charge is 0.233 e. The van der Waals surface area contributed by atoms with Crippen LogP contribution in [-0.2, 0) is 4.79 Å². The van der Waals surface area contributed by atoms with Gasteiger partial charge in [-0.15, -0.1) is 11.8 Å². The highest BCUT2D eigenvalue weighted by molar-refractivity contribution is 8.00. The predicted molar refractivity (Wildman–Crippen MR) is 96.3 cm³/mol. The molecule has 0 bridgehead atoms. The zero-order chi connectivity index (χ0) is 16.8. The Kier molecular flexibility index (Phi) is 6.37. The highest BCUT2D eigenvalue weighted by atomic mass is 35.5. The molecule has 0 radical (unpaired) electrons. The van der Waals surface area contributed by atoms with Crippen molar-refractivity contribution in [3.05, 3.63) is 59.1 Å². The summed E-state index contributed by atoms with van der Waals surface area (Å²) in [7, 11) is 1.63. The maximum Gasteiger partial charge on any atom is 0.233 e. The molecule has 0 unspecified atom stereocenters. The molecule has 23 heavy (non-hydrogen) atoms. The fraction of sp³-hybridized carbons (Fsp3) is 0.278. The first kappa shape index (κ1) is 17.7. The van der Waals surface area contributed by atoms with Gasteiger partial charge in [0.05, 0.1) is 18.4 Å². The van der Waals surface area contributed by atoms with E-state index in [1.54, 1.807) is 7.11 Å². The molecular formula is C18H20ClNO2S. The molecule has 0 aromatic heterocycles. The number of nitrogens with one attached hydrogen (secondary N) is 1. The maximum absolute atomic E-state index is 12.4. The third-order valence-corrected chi connectivity index (χ3v) is 4.82. The molecule has 0 spiro atoms. The highest BCUT2D eigenvalue weighted by Crippen LogP contribution is 2.27. The molecule has 2 aromatic carbocycles. The largest absolute Gasteiger partial charge is 0.496 e. The number of rotatable bonds is 6. The summed E-state index contributed by atoms with van der Waals surface area (Å²) in [5.41, 5.74) is 0.965. The number of carbonyl (C=O) groups excluding carboxylic acids is 1. The Morgan fingerprint density at radius 1 is 1.13 bits per heavy atom. The van der Waals surface area contributed by atoms with Crippen molar-refractivity contribution in [3.63, 3.8) is 0 Å². The summed E-state index contributed by atoms with van der Waals surface area (Å²) in [5.74, 6) is 0.765. The van der Waals surface area contributed by atoms with Crippen LogP contribution < -0.4 is 10.1 Å². The number of methoxy groups -OCH3 is 1. The molecule has 2 atom stereocenters. The number of thioether (sulfide) groups is 1. The van der Waals surface area contributed by atoms with Crippen LogP contribution in [0.25, 0.3) is 0 Å². The summed E-state index contributed by atoms with van der Waals surface area (Å²) in [6.45, 7) is 3.85. The van der Waals surface area contributed by atoms with Gasteiger partial charge in [-0.05, 0) is 44.2 Å². The molecule has 1 N–H and O–H groups in total. The first-order chi connectivity index (χ1) is 11.0. The van der Waals surface area contributed by atoms with E-state index < -0.39 is 0 Å². The number of hydrogen-bond donors (Lipinski definition) is 1. The average molecular weight is 350 g/mol. The van der Waals surface area contributed by atoms with Crippen molar-refractivity contribution in [2.75, 3.05) is 7.11 Å². The standard InChI is InChI=1S/C18H20ClNO2S/c1-12(16-6-4-5-7-17(16)22-3)20-18(21)13(2)23-15-10-8-14(19)9-11-15/h4-13H,1-3H3,(H,20,21)/t12-,13+/m1/s1. The van der Waals surface area contributed by atoms with Gasteiger partial charge in [0.1, 0.15) is 5.75 Å². The number of halogens is 1. The Hall–Kier alpha value is -1.65. The van der Waals surface area contributed by atoms with Gasteiger partial charge in [0.15, 0.2) is 0 Å². The summed E-state index contributed by atoms with van der Waals surface area (Å²) in [6.07, 6.45) is 0. The lowest BCUT2D eigenvalue weighted by atomic mass is 10.1. The van der Waals surface area contributed by atoms with Crippen LogP contribution >= 0.6 is 23.4 Å². The molecule has 0 saturated heterocycles. The van der Waals surface area contributed by atoms with Crippen molar-refractivity contribution in [2.24, 2.45) is 0 Å². The molecule has 122 valence electrons. The topological polar surface area (TPSA) is 38.3 Å². The second-order valence-electron chi connectivity index (χ2n) is 5.19. The molecule has 0 aliphatic carbocycles. The van der Waals surface area contributed by atoms with Gasteiger partial charge in [0, 0.05) is 15.5 Å². The summed E-state index contributed by atoms with van der Waals surface area (Å²) < 4.78 is 5.35. The third kappa shape index (κ3) is 4.91. The molecule has 0 heterocycles. The maximum atomic E-state index is 12.4. The van der Waals surface area contributed by atoms with Crippen LogP contribution in [0.15, 0.2) is 53.4 Å². The van der Waals surface area contributed by atoms with Crippen LogP contribution in [0.1, 0.15) is 25.5 Å². The zero-order valence-corrected chi connectivity index (χ0v) is 14.9. The second kappa shape index (κ2) is 8.27. The minimum absolute atomic E-state index is 0.0108. The molecular weight excluding hydrogens is 330 g/mol. The molecule has 0 aliphatic rings. The van der Waals surface area contributed by atoms with E-state index in [0.717, 1.165) is 16.2 Å². The van der Waals surface area contributed by atoms with Gasteiger partial charge < -0.3 is 10.1 Å². The quantitative estimate of drug-likeness (QED) is 0.768. The molecule has 2 aromatic rings. The van der Waals surface area contributed by atoms with Gasteiger partial charge >= 0.3 is 0 Å². The van der Waals surface area contributed by atoms with Gasteiger partial charge in [-0.1, -0.05) is 29.8 Å². The zero-order valence-electron chi connectivity index (χ0n) is 13.4. The summed E-state index contributed by atoms with van der Waals surface area (Å²) in [4.78, 5) is 13.4. The normalized spacial score (nSPS) is 13.2. The van der Waals surface area contributed by atoms with Crippen molar-refractivity contribution in [2.45, 2.75) is 30.0 Å². The molecule has 1 amide bonds. The number of hydrogen-bond acceptors (Lipinski definition) is 3. The van der Waals surface area contributed by atoms with E-state index in [4.69, 9.17) is 16.3 Å². The molecule has 0 fully saturated rings. The van der Waals surface area contributed by atoms with E-state index in [0.29, 0.717) is 5.02 Å². The van der Waals surface area contributed by atoms with Gasteiger partial charge in [-0.2, -0.15) is 0 Å². The molecule has 0 aliphatic heterocycles. The minimum Gasteiger partial charge on any atom is -0.496 e. The van der Waals surface area contributed by atoms with Crippen molar-refractivity contribution >= 4 is 29.3 Å². The van der Waals surface area contributed by atoms with Gasteiger partial charge in [-0.25, -0.2) is 0 Å². The van der Waals surface area contributed by atoms with Crippen LogP contribution in [-0.4, -0.2) is 18.3 Å². The van der Waals surface area contributed by atoms with Crippen LogP contribution in [0.2, 0.25) is 5.02 Å². The van der Waals surface area contributed by atoms with Crippen molar-refractivity contribution in [1.29, 1.82) is 0 Å². The van der Waals surface area contributed by atoms with Gasteiger partial charge in [-0.3, -0.25) is 4.79 Å². The van der Waals surface area contributed by atoms with Crippen molar-refractivity contribution in [1.82, 2.24) is 5.32 Å². The molecule has 2 rings (SSSR count). The molecule has 0 saturated carbocycles. The first-order valence-electron chi connectivity index (χ1n) is 7.36. The summed E-state index contributed by atoms with van der Waals surface area (Å²) >= 11 is 7.38. The van der Waals surface area contributed by atoms with Gasteiger partial charge in [0.2, 0.25) is 5.91 Å². The lowest BCUT2D eigenvalue weighted by Gasteiger charge is -2.19. The number of amides is 1. The molecule has 3 nitrogen and oxygen atoms in total. The number of para-hydroxylation sites is 1. The van der Waals surface area contributed by atoms with E-state index >= 15 is 0 Å². The Labute approximate surface area is 146 Å². The number of benzene rings is 2. The van der Waals surface area contributed by atoms with Crippen LogP contribution in [0.3, 0.4) is 0 Å². The summed E-state index contributed by atoms with van der Waals surface area (Å²) in [6, 6.07) is 15.1. The SMILES string of the molecule is COc1ccccc1[C@@H](C)NC(=O)[C@H](C)Sc1ccc(Cl)cc1. The van der Waals surface area contributed by atoms with E-state index in [9.17, 15) is 4.79 Å². The summed E-state index contributed by atoms with van der Waals surface area (Å²) in [5, 5.41) is 3.53. The lowest BCUT2D eigenvalue weighted by molar-refractivity contribution is -0.120. The second-order valence-corrected chi connectivity index (χ2v) is 7.04. The van der Waals surface area contributed by atoms with E-state index in [1.807, 2.05) is 62.4 Å². The number of ether oxygens (including phenoxy) is 1. The number of carbonyl (C=O) groups is 1. The van der Waals surface area contributed by atoms with Crippen LogP contribution in [0.4, 0.5) is 0 Å². The van der Waals surface area contributed by atoms with E-state index in [2.05, 4.69) is 5.32 Å². The fourth-order valence-corrected chi connectivity index (χ4v) is 3.21. The van der Waals surface area contributed by atoms with E-state index in [1.165, 1.54) is 11.8 Å². The Morgan fingerprint density at radius 3 is 2.43 bits per heavy atom. The van der Waals surface area contributed by atoms with Crippen LogP contribution in [0, 0.1) is 0 Å². The lowest BCUT2D eigenvalue weighted by Crippen LogP contribution is -2.33. The average Bonchev–Trinajstić information content (AvgIpc) is 2.56. The van der Waals surface area contributed by atoms with E-state index in [-0.39, 0.29) is 17.2 Å². The third-order valence-electron chi connectivity index (χ3n) is 3.46. The fourth-order valence-electron chi connectivity index (χ4n) is 2.20. The van der Waals surface area contributed by atoms with Gasteiger partial charge in [0.25, 0.3) is 0 Å². The van der Waals surface area contributed by atoms with Crippen molar-refractivity contribution < 1.29 is 9.53 Å². The Bertz CT molecular complexity index is 660. The van der Waals surface area contributed by atoms with Crippen LogP contribution in [0.5, 0.6) is 5.75 Å². The Morgan fingerprint density at radius 2 is 1.78 bits per heavy atom. The minimum atomic E-state index is -0.201. The monoisotopic (exact) mass is 349 g/mol. The Balaban J connectivity index is 1.98. The van der Waals surface area contributed by atoms with Crippen molar-refractivity contribution in [3.8, 4) is 5.75 Å². The molecule has 5 heteroatoms. The predicted octanol–water partition coefficient (Wildman–Crippen LogP) is 4.71. The first-order valence-corrected chi connectivity index (χ1v) is 8.62.